The molecular formula is C23H20N4O5. The summed E-state index contributed by atoms with van der Waals surface area (Å²) in [6.07, 6.45) is 5.90. The van der Waals surface area contributed by atoms with Gasteiger partial charge in [-0.3, -0.25) is 24.7 Å². The molecular weight excluding hydrogens is 412 g/mol. The number of H-pyrrole nitrogens is 1. The number of nitro groups is 1. The number of carbonyl (C=O) groups excluding carboxylic acids is 2. The van der Waals surface area contributed by atoms with Crippen LogP contribution in [0.5, 0.6) is 0 Å². The molecule has 1 unspecified atom stereocenters. The third-order valence-electron chi connectivity index (χ3n) is 5.38. The lowest BCUT2D eigenvalue weighted by molar-refractivity contribution is -0.695. The van der Waals surface area contributed by atoms with Gasteiger partial charge in [0.05, 0.1) is 17.5 Å². The summed E-state index contributed by atoms with van der Waals surface area (Å²) in [6.45, 7) is 0.798. The van der Waals surface area contributed by atoms with E-state index in [2.05, 4.69) is 4.98 Å². The minimum atomic E-state index is -0.987. The maximum atomic E-state index is 13.2. The summed E-state index contributed by atoms with van der Waals surface area (Å²) < 4.78 is 1.89. The first kappa shape index (κ1) is 21.0. The minimum absolute atomic E-state index is 0.177. The van der Waals surface area contributed by atoms with Gasteiger partial charge in [0.2, 0.25) is 12.1 Å². The predicted octanol–water partition coefficient (Wildman–Crippen LogP) is 1.52. The molecule has 9 heteroatoms. The summed E-state index contributed by atoms with van der Waals surface area (Å²) in [6, 6.07) is 13.0. The van der Waals surface area contributed by atoms with E-state index in [-0.39, 0.29) is 23.4 Å². The fraction of sp³-hybridized carbons (Fsp3) is 0.174. The molecule has 1 aliphatic rings. The maximum Gasteiger partial charge on any atom is 0.295 e. The van der Waals surface area contributed by atoms with Crippen molar-refractivity contribution in [1.82, 2.24) is 9.88 Å². The summed E-state index contributed by atoms with van der Waals surface area (Å²) in [5.74, 6) is -2.20. The van der Waals surface area contributed by atoms with Gasteiger partial charge in [-0.05, 0) is 11.1 Å². The molecule has 2 aromatic carbocycles. The Bertz CT molecular complexity index is 1190. The van der Waals surface area contributed by atoms with Crippen LogP contribution in [0.2, 0.25) is 0 Å². The van der Waals surface area contributed by atoms with Crippen LogP contribution in [-0.4, -0.2) is 33.0 Å². The highest BCUT2D eigenvalue weighted by Gasteiger charge is 2.44. The van der Waals surface area contributed by atoms with Crippen LogP contribution in [0.15, 0.2) is 78.9 Å². The highest BCUT2D eigenvalue weighted by Crippen LogP contribution is 2.39. The smallest absolute Gasteiger partial charge is 0.295 e. The number of rotatable bonds is 7. The quantitative estimate of drug-likeness (QED) is 0.151. The van der Waals surface area contributed by atoms with Gasteiger partial charge in [-0.2, -0.15) is 0 Å². The van der Waals surface area contributed by atoms with Crippen LogP contribution < -0.4 is 9.67 Å². The first-order valence-electron chi connectivity index (χ1n) is 10.1. The van der Waals surface area contributed by atoms with Gasteiger partial charge in [-0.15, -0.1) is 0 Å². The van der Waals surface area contributed by atoms with Crippen LogP contribution in [0.25, 0.3) is 5.76 Å². The first-order chi connectivity index (χ1) is 15.5. The molecule has 4 rings (SSSR count). The molecule has 0 spiro atoms. The zero-order valence-electron chi connectivity index (χ0n) is 17.0. The molecule has 9 nitrogen and oxygen atoms in total. The van der Waals surface area contributed by atoms with Gasteiger partial charge in [0, 0.05) is 30.7 Å². The van der Waals surface area contributed by atoms with E-state index >= 15 is 0 Å². The van der Waals surface area contributed by atoms with Crippen molar-refractivity contribution < 1.29 is 24.2 Å². The molecule has 2 heterocycles. The number of amides is 1. The Labute approximate surface area is 183 Å². The van der Waals surface area contributed by atoms with Gasteiger partial charge in [-0.1, -0.05) is 48.2 Å². The zero-order chi connectivity index (χ0) is 22.7. The molecule has 1 N–H and O–H groups in total. The maximum absolute atomic E-state index is 13.2. The number of hydrogen-bond acceptors (Lipinski definition) is 5. The first-order valence-corrected chi connectivity index (χ1v) is 10.1. The third kappa shape index (κ3) is 4.00. The molecule has 3 aromatic rings. The van der Waals surface area contributed by atoms with Gasteiger partial charge in [-0.25, -0.2) is 4.57 Å². The number of aryl methyl sites for hydroxylation is 1. The van der Waals surface area contributed by atoms with Gasteiger partial charge in [0.1, 0.15) is 12.4 Å². The predicted molar refractivity (Wildman–Crippen MR) is 112 cm³/mol. The van der Waals surface area contributed by atoms with E-state index in [9.17, 15) is 24.8 Å². The molecule has 0 bridgehead atoms. The summed E-state index contributed by atoms with van der Waals surface area (Å²) >= 11 is 0. The van der Waals surface area contributed by atoms with Gasteiger partial charge in [0.15, 0.2) is 0 Å². The van der Waals surface area contributed by atoms with Crippen molar-refractivity contribution in [3.63, 3.8) is 0 Å². The Morgan fingerprint density at radius 3 is 2.59 bits per heavy atom. The average molecular weight is 432 g/mol. The van der Waals surface area contributed by atoms with E-state index in [1.165, 1.54) is 23.1 Å². The molecule has 1 saturated heterocycles. The molecule has 1 fully saturated rings. The van der Waals surface area contributed by atoms with E-state index in [0.29, 0.717) is 18.5 Å². The molecule has 1 aliphatic heterocycles. The summed E-state index contributed by atoms with van der Waals surface area (Å²) in [4.78, 5) is 40.9. The number of nitrogens with one attached hydrogen (secondary N) is 1. The Kier molecular flexibility index (Phi) is 5.80. The number of benzene rings is 2. The molecule has 32 heavy (non-hydrogen) atoms. The highest BCUT2D eigenvalue weighted by molar-refractivity contribution is 6.46. The number of hydrogen-bond donors (Lipinski definition) is 1. The second-order valence-electron chi connectivity index (χ2n) is 7.39. The Hall–Kier alpha value is -4.27. The standard InChI is InChI=1S/C23H20N4O5/c28-21(16-6-2-1-3-7-16)19-20(17-8-4-9-18(14-17)27(31)32)26(23(30)22(19)29)12-5-11-25-13-10-24-15-25/h1-4,6-10,13-15,20H,5,11-12H2,(H,28,29). The molecule has 1 amide bonds. The number of ketones is 1. The van der Waals surface area contributed by atoms with E-state index in [4.69, 9.17) is 0 Å². The average Bonchev–Trinajstić information content (AvgIpc) is 3.41. The number of imidazole rings is 1. The number of aromatic amines is 1. The van der Waals surface area contributed by atoms with Crippen LogP contribution in [-0.2, 0) is 16.1 Å². The number of nitro benzene ring substituents is 1. The van der Waals surface area contributed by atoms with Crippen LogP contribution in [0.1, 0.15) is 23.6 Å². The second-order valence-corrected chi connectivity index (χ2v) is 7.39. The van der Waals surface area contributed by atoms with Crippen molar-refractivity contribution in [3.8, 4) is 0 Å². The molecule has 1 atom stereocenters. The largest absolute Gasteiger partial charge is 0.872 e. The summed E-state index contributed by atoms with van der Waals surface area (Å²) in [5, 5.41) is 24.5. The van der Waals surface area contributed by atoms with Crippen LogP contribution in [0.4, 0.5) is 5.69 Å². The molecule has 0 aliphatic carbocycles. The number of non-ortho nitro benzene ring substituents is 1. The molecule has 0 radical (unpaired) electrons. The van der Waals surface area contributed by atoms with E-state index in [0.717, 1.165) is 0 Å². The minimum Gasteiger partial charge on any atom is -0.872 e. The van der Waals surface area contributed by atoms with E-state index in [1.54, 1.807) is 48.9 Å². The van der Waals surface area contributed by atoms with Crippen LogP contribution >= 0.6 is 0 Å². The monoisotopic (exact) mass is 432 g/mol. The fourth-order valence-corrected chi connectivity index (χ4v) is 3.88. The van der Waals surface area contributed by atoms with Gasteiger partial charge < -0.3 is 10.0 Å². The van der Waals surface area contributed by atoms with Gasteiger partial charge >= 0.3 is 0 Å². The number of Topliss-reactive ketones (excluding diaryl/α,β-unsaturated/α-hetero) is 1. The van der Waals surface area contributed by atoms with Gasteiger partial charge in [0.25, 0.3) is 11.6 Å². The fourth-order valence-electron chi connectivity index (χ4n) is 3.88. The van der Waals surface area contributed by atoms with Crippen molar-refractivity contribution in [1.29, 1.82) is 0 Å². The Morgan fingerprint density at radius 2 is 1.91 bits per heavy atom. The molecule has 1 aromatic heterocycles. The number of aromatic nitrogens is 2. The molecule has 162 valence electrons. The van der Waals surface area contributed by atoms with E-state index < -0.39 is 28.4 Å². The number of likely N-dealkylation sites (tertiary alicyclic amines) is 1. The van der Waals surface area contributed by atoms with Crippen LogP contribution in [0.3, 0.4) is 0 Å². The topological polar surface area (TPSA) is 123 Å². The van der Waals surface area contributed by atoms with Crippen LogP contribution in [0, 0.1) is 10.1 Å². The summed E-state index contributed by atoms with van der Waals surface area (Å²) in [7, 11) is 0. The zero-order valence-corrected chi connectivity index (χ0v) is 17.0. The lowest BCUT2D eigenvalue weighted by atomic mass is 9.95. The number of nitrogens with zero attached hydrogens (tertiary/aromatic N) is 3. The van der Waals surface area contributed by atoms with Crippen molar-refractivity contribution >= 4 is 23.1 Å². The Morgan fingerprint density at radius 1 is 1.12 bits per heavy atom. The molecule has 0 saturated carbocycles. The lowest BCUT2D eigenvalue weighted by Gasteiger charge is -2.27. The number of carbonyl (C=O) groups is 2. The second kappa shape index (κ2) is 8.84. The van der Waals surface area contributed by atoms with Crippen molar-refractivity contribution in [2.75, 3.05) is 6.54 Å². The highest BCUT2D eigenvalue weighted by atomic mass is 16.6. The van der Waals surface area contributed by atoms with Crippen molar-refractivity contribution in [2.45, 2.75) is 19.0 Å². The summed E-state index contributed by atoms with van der Waals surface area (Å²) in [5.41, 5.74) is 0.274. The third-order valence-corrected chi connectivity index (χ3v) is 5.38. The van der Waals surface area contributed by atoms with E-state index in [1.807, 2.05) is 10.8 Å². The Balaban J connectivity index is 1.76. The van der Waals surface area contributed by atoms with Crippen molar-refractivity contribution in [2.24, 2.45) is 0 Å². The normalized spacial score (nSPS) is 17.6. The lowest BCUT2D eigenvalue weighted by Crippen LogP contribution is -2.36. The SMILES string of the molecule is O=C1C(=O)N(CCC[n+]2cc[nH]c2)C(c2cccc([N+](=O)[O-])c2)/C1=C(\[O-])c1ccccc1. The van der Waals surface area contributed by atoms with Crippen molar-refractivity contribution in [3.05, 3.63) is 100 Å².